The topological polar surface area (TPSA) is 111 Å². The minimum Gasteiger partial charge on any atom is -0.465 e. The number of hydrogen-bond acceptors (Lipinski definition) is 7. The molecule has 0 saturated heterocycles. The Morgan fingerprint density at radius 3 is 2.50 bits per heavy atom. The molecule has 136 valence electrons. The number of benzene rings is 1. The van der Waals surface area contributed by atoms with E-state index in [1.54, 1.807) is 35.7 Å². The number of carbonyl (C=O) groups is 4. The standard InChI is InChI=1S/C17H16N2O6S/c1-24-17(23)15-12(7-8-26-15)19-13(20)10-25-14(21)9-18-16(22)11-5-3-2-4-6-11/h2-8H,9-10H2,1H3,(H,18,22)(H,19,20). The normalized spacial score (nSPS) is 9.88. The smallest absolute Gasteiger partial charge is 0.350 e. The Morgan fingerprint density at radius 1 is 1.08 bits per heavy atom. The molecule has 0 saturated carbocycles. The largest absolute Gasteiger partial charge is 0.465 e. The summed E-state index contributed by atoms with van der Waals surface area (Å²) >= 11 is 1.11. The van der Waals surface area contributed by atoms with Gasteiger partial charge in [0.2, 0.25) is 0 Å². The van der Waals surface area contributed by atoms with Crippen LogP contribution in [0, 0.1) is 0 Å². The zero-order valence-electron chi connectivity index (χ0n) is 13.8. The number of ether oxygens (including phenoxy) is 2. The van der Waals surface area contributed by atoms with Gasteiger partial charge in [-0.1, -0.05) is 18.2 Å². The molecule has 0 unspecified atom stereocenters. The summed E-state index contributed by atoms with van der Waals surface area (Å²) in [5.41, 5.74) is 0.686. The van der Waals surface area contributed by atoms with E-state index in [1.807, 2.05) is 0 Å². The maximum Gasteiger partial charge on any atom is 0.350 e. The lowest BCUT2D eigenvalue weighted by atomic mass is 10.2. The van der Waals surface area contributed by atoms with Gasteiger partial charge in [-0.15, -0.1) is 11.3 Å². The van der Waals surface area contributed by atoms with Crippen molar-refractivity contribution in [3.63, 3.8) is 0 Å². The van der Waals surface area contributed by atoms with Crippen LogP contribution in [0.15, 0.2) is 41.8 Å². The lowest BCUT2D eigenvalue weighted by molar-refractivity contribution is -0.146. The van der Waals surface area contributed by atoms with Crippen LogP contribution in [-0.4, -0.2) is 44.0 Å². The first-order valence-electron chi connectivity index (χ1n) is 7.45. The fraction of sp³-hybridized carbons (Fsp3) is 0.176. The third-order valence-electron chi connectivity index (χ3n) is 3.10. The van der Waals surface area contributed by atoms with Crippen LogP contribution in [0.1, 0.15) is 20.0 Å². The summed E-state index contributed by atoms with van der Waals surface area (Å²) in [7, 11) is 1.24. The first-order chi connectivity index (χ1) is 12.5. The van der Waals surface area contributed by atoms with Gasteiger partial charge < -0.3 is 20.1 Å². The van der Waals surface area contributed by atoms with E-state index in [0.29, 0.717) is 5.56 Å². The third kappa shape index (κ3) is 5.42. The number of hydrogen-bond donors (Lipinski definition) is 2. The highest BCUT2D eigenvalue weighted by Crippen LogP contribution is 2.22. The Balaban J connectivity index is 1.75. The molecule has 0 radical (unpaired) electrons. The summed E-state index contributed by atoms with van der Waals surface area (Å²) in [6, 6.07) is 9.91. The number of amides is 2. The molecule has 0 aliphatic rings. The Hall–Kier alpha value is -3.20. The highest BCUT2D eigenvalue weighted by Gasteiger charge is 2.16. The molecule has 0 aliphatic heterocycles. The number of methoxy groups -OCH3 is 1. The van der Waals surface area contributed by atoms with Crippen LogP contribution >= 0.6 is 11.3 Å². The lowest BCUT2D eigenvalue weighted by Crippen LogP contribution is -2.32. The van der Waals surface area contributed by atoms with Gasteiger partial charge in [-0.05, 0) is 23.6 Å². The van der Waals surface area contributed by atoms with Gasteiger partial charge in [0.25, 0.3) is 11.8 Å². The SMILES string of the molecule is COC(=O)c1sccc1NC(=O)COC(=O)CNC(=O)c1ccccc1. The Bertz CT molecular complexity index is 803. The zero-order valence-corrected chi connectivity index (χ0v) is 14.6. The van der Waals surface area contributed by atoms with E-state index < -0.39 is 30.4 Å². The minimum atomic E-state index is -0.761. The molecule has 0 fully saturated rings. The van der Waals surface area contributed by atoms with E-state index in [-0.39, 0.29) is 17.1 Å². The summed E-state index contributed by atoms with van der Waals surface area (Å²) < 4.78 is 9.39. The van der Waals surface area contributed by atoms with Gasteiger partial charge in [0.05, 0.1) is 12.8 Å². The lowest BCUT2D eigenvalue weighted by Gasteiger charge is -2.08. The molecule has 0 atom stereocenters. The quantitative estimate of drug-likeness (QED) is 0.708. The van der Waals surface area contributed by atoms with Crippen molar-refractivity contribution in [3.05, 3.63) is 52.2 Å². The number of nitrogens with one attached hydrogen (secondary N) is 2. The fourth-order valence-electron chi connectivity index (χ4n) is 1.89. The van der Waals surface area contributed by atoms with Crippen LogP contribution in [0.5, 0.6) is 0 Å². The Morgan fingerprint density at radius 2 is 1.81 bits per heavy atom. The van der Waals surface area contributed by atoms with Gasteiger partial charge in [0.1, 0.15) is 11.4 Å². The van der Waals surface area contributed by atoms with Crippen LogP contribution in [0.4, 0.5) is 5.69 Å². The van der Waals surface area contributed by atoms with Gasteiger partial charge in [0, 0.05) is 5.56 Å². The fourth-order valence-corrected chi connectivity index (χ4v) is 2.65. The van der Waals surface area contributed by atoms with E-state index in [0.717, 1.165) is 11.3 Å². The first-order valence-corrected chi connectivity index (χ1v) is 8.33. The van der Waals surface area contributed by atoms with Crippen LogP contribution in [0.3, 0.4) is 0 Å². The molecule has 1 aromatic carbocycles. The van der Waals surface area contributed by atoms with E-state index in [2.05, 4.69) is 15.4 Å². The van der Waals surface area contributed by atoms with Crippen LogP contribution in [0.25, 0.3) is 0 Å². The van der Waals surface area contributed by atoms with E-state index in [1.165, 1.54) is 13.2 Å². The molecular weight excluding hydrogens is 360 g/mol. The van der Waals surface area contributed by atoms with Crippen LogP contribution in [0.2, 0.25) is 0 Å². The molecule has 1 heterocycles. The molecule has 26 heavy (non-hydrogen) atoms. The van der Waals surface area contributed by atoms with Crippen molar-refractivity contribution in [2.24, 2.45) is 0 Å². The second-order valence-electron chi connectivity index (χ2n) is 4.91. The Kier molecular flexibility index (Phi) is 6.86. The highest BCUT2D eigenvalue weighted by molar-refractivity contribution is 7.12. The van der Waals surface area contributed by atoms with E-state index in [9.17, 15) is 19.2 Å². The predicted octanol–water partition coefficient (Wildman–Crippen LogP) is 1.45. The van der Waals surface area contributed by atoms with Crippen molar-refractivity contribution in [1.82, 2.24) is 5.32 Å². The van der Waals surface area contributed by atoms with Crippen LogP contribution < -0.4 is 10.6 Å². The van der Waals surface area contributed by atoms with Gasteiger partial charge in [-0.25, -0.2) is 4.79 Å². The van der Waals surface area contributed by atoms with Gasteiger partial charge in [-0.2, -0.15) is 0 Å². The molecule has 0 aliphatic carbocycles. The third-order valence-corrected chi connectivity index (χ3v) is 4.00. The zero-order chi connectivity index (χ0) is 18.9. The Labute approximate surface area is 153 Å². The minimum absolute atomic E-state index is 0.238. The second kappa shape index (κ2) is 9.33. The van der Waals surface area contributed by atoms with Crippen molar-refractivity contribution in [3.8, 4) is 0 Å². The van der Waals surface area contributed by atoms with Crippen molar-refractivity contribution in [2.45, 2.75) is 0 Å². The predicted molar refractivity (Wildman–Crippen MR) is 94.0 cm³/mol. The summed E-state index contributed by atoms with van der Waals surface area (Å²) in [4.78, 5) is 47.0. The molecule has 0 bridgehead atoms. The molecule has 0 spiro atoms. The van der Waals surface area contributed by atoms with Crippen LogP contribution in [-0.2, 0) is 19.1 Å². The average Bonchev–Trinajstić information content (AvgIpc) is 3.12. The average molecular weight is 376 g/mol. The monoisotopic (exact) mass is 376 g/mol. The maximum absolute atomic E-state index is 11.8. The number of anilines is 1. The van der Waals surface area contributed by atoms with E-state index >= 15 is 0 Å². The number of thiophene rings is 1. The number of carbonyl (C=O) groups excluding carboxylic acids is 4. The van der Waals surface area contributed by atoms with Crippen molar-refractivity contribution >= 4 is 40.8 Å². The summed E-state index contributed by atoms with van der Waals surface area (Å²) in [5.74, 6) is -2.37. The first kappa shape index (κ1) is 19.1. The summed E-state index contributed by atoms with van der Waals surface area (Å²) in [6.45, 7) is -0.913. The number of esters is 2. The van der Waals surface area contributed by atoms with E-state index in [4.69, 9.17) is 4.74 Å². The van der Waals surface area contributed by atoms with Crippen molar-refractivity contribution in [1.29, 1.82) is 0 Å². The van der Waals surface area contributed by atoms with Gasteiger partial charge in [0.15, 0.2) is 6.61 Å². The highest BCUT2D eigenvalue weighted by atomic mass is 32.1. The maximum atomic E-state index is 11.8. The molecule has 1 aromatic heterocycles. The van der Waals surface area contributed by atoms with Crippen molar-refractivity contribution < 1.29 is 28.7 Å². The molecule has 2 aromatic rings. The number of rotatable bonds is 7. The molecule has 2 rings (SSSR count). The molecule has 8 nitrogen and oxygen atoms in total. The molecular formula is C17H16N2O6S. The second-order valence-corrected chi connectivity index (χ2v) is 5.83. The molecule has 2 amide bonds. The van der Waals surface area contributed by atoms with Gasteiger partial charge >= 0.3 is 11.9 Å². The molecule has 2 N–H and O–H groups in total. The summed E-state index contributed by atoms with van der Waals surface area (Å²) in [6.07, 6.45) is 0. The van der Waals surface area contributed by atoms with Crippen molar-refractivity contribution in [2.75, 3.05) is 25.6 Å². The molecule has 9 heteroatoms. The van der Waals surface area contributed by atoms with Gasteiger partial charge in [-0.3, -0.25) is 14.4 Å². The summed E-state index contributed by atoms with van der Waals surface area (Å²) in [5, 5.41) is 6.47.